The maximum atomic E-state index is 13.1. The number of carbonyl (C=O) groups is 1. The van der Waals surface area contributed by atoms with Crippen molar-refractivity contribution in [2.24, 2.45) is 0 Å². The third kappa shape index (κ3) is 5.21. The van der Waals surface area contributed by atoms with E-state index in [1.165, 1.54) is 0 Å². The summed E-state index contributed by atoms with van der Waals surface area (Å²) >= 11 is 0. The molecule has 0 saturated carbocycles. The number of nitrogens with one attached hydrogen (secondary N) is 1. The molecule has 0 aliphatic heterocycles. The van der Waals surface area contributed by atoms with Gasteiger partial charge in [-0.05, 0) is 43.5 Å². The van der Waals surface area contributed by atoms with E-state index >= 15 is 0 Å². The number of hydrogen-bond acceptors (Lipinski definition) is 4. The number of non-ortho nitro benzene ring substituents is 1. The van der Waals surface area contributed by atoms with E-state index in [2.05, 4.69) is 5.32 Å². The SMILES string of the molecule is Cc1ccc(C(C)NC(=O)COc2ccc([N+](=O)[O-])cc2C(F)(F)F)cc1C. The van der Waals surface area contributed by atoms with Crippen LogP contribution in [0.2, 0.25) is 0 Å². The van der Waals surface area contributed by atoms with Crippen molar-refractivity contribution in [3.8, 4) is 5.75 Å². The molecule has 1 unspecified atom stereocenters. The molecular formula is C19H19F3N2O4. The van der Waals surface area contributed by atoms with Gasteiger partial charge in [-0.15, -0.1) is 0 Å². The first-order chi connectivity index (χ1) is 13.0. The number of nitrogens with zero attached hydrogens (tertiary/aromatic N) is 1. The lowest BCUT2D eigenvalue weighted by atomic mass is 10.0. The van der Waals surface area contributed by atoms with Crippen molar-refractivity contribution in [3.63, 3.8) is 0 Å². The maximum Gasteiger partial charge on any atom is 0.420 e. The van der Waals surface area contributed by atoms with Crippen LogP contribution in [0, 0.1) is 24.0 Å². The standard InChI is InChI=1S/C19H19F3N2O4/c1-11-4-5-14(8-12(11)2)13(3)23-18(25)10-28-17-7-6-15(24(26)27)9-16(17)19(20,21)22/h4-9,13H,10H2,1-3H3,(H,23,25). The zero-order chi connectivity index (χ0) is 21.1. The zero-order valence-corrected chi connectivity index (χ0v) is 15.5. The molecule has 9 heteroatoms. The van der Waals surface area contributed by atoms with E-state index in [9.17, 15) is 28.1 Å². The molecule has 0 bridgehead atoms. The molecule has 1 N–H and O–H groups in total. The van der Waals surface area contributed by atoms with Crippen molar-refractivity contribution < 1.29 is 27.6 Å². The number of nitro groups is 1. The van der Waals surface area contributed by atoms with Crippen molar-refractivity contribution in [1.82, 2.24) is 5.32 Å². The number of benzene rings is 2. The zero-order valence-electron chi connectivity index (χ0n) is 15.5. The molecule has 2 aromatic carbocycles. The fourth-order valence-corrected chi connectivity index (χ4v) is 2.52. The van der Waals surface area contributed by atoms with E-state index in [0.717, 1.165) is 28.8 Å². The van der Waals surface area contributed by atoms with Crippen LogP contribution in [-0.2, 0) is 11.0 Å². The smallest absolute Gasteiger partial charge is 0.420 e. The number of aryl methyl sites for hydroxylation is 2. The highest BCUT2D eigenvalue weighted by Gasteiger charge is 2.36. The number of alkyl halides is 3. The number of rotatable bonds is 6. The van der Waals surface area contributed by atoms with Crippen LogP contribution in [0.3, 0.4) is 0 Å². The molecule has 0 heterocycles. The van der Waals surface area contributed by atoms with Crippen LogP contribution < -0.4 is 10.1 Å². The van der Waals surface area contributed by atoms with E-state index in [1.54, 1.807) is 6.92 Å². The van der Waals surface area contributed by atoms with Gasteiger partial charge in [-0.1, -0.05) is 18.2 Å². The third-order valence-corrected chi connectivity index (χ3v) is 4.25. The predicted octanol–water partition coefficient (Wildman–Crippen LogP) is 4.49. The summed E-state index contributed by atoms with van der Waals surface area (Å²) in [4.78, 5) is 21.8. The number of nitro benzene ring substituents is 1. The van der Waals surface area contributed by atoms with Gasteiger partial charge in [0.25, 0.3) is 11.6 Å². The second kappa shape index (κ2) is 8.28. The summed E-state index contributed by atoms with van der Waals surface area (Å²) in [5.74, 6) is -1.26. The van der Waals surface area contributed by atoms with Crippen molar-refractivity contribution in [2.75, 3.05) is 6.61 Å². The summed E-state index contributed by atoms with van der Waals surface area (Å²) in [6.45, 7) is 4.98. The number of halogens is 3. The molecule has 2 rings (SSSR count). The Kier molecular flexibility index (Phi) is 6.27. The predicted molar refractivity (Wildman–Crippen MR) is 96.1 cm³/mol. The summed E-state index contributed by atoms with van der Waals surface area (Å²) in [5, 5.41) is 13.3. The van der Waals surface area contributed by atoms with Crippen molar-refractivity contribution >= 4 is 11.6 Å². The highest BCUT2D eigenvalue weighted by Crippen LogP contribution is 2.38. The first-order valence-electron chi connectivity index (χ1n) is 8.34. The van der Waals surface area contributed by atoms with Gasteiger partial charge in [0, 0.05) is 12.1 Å². The average Bonchev–Trinajstić information content (AvgIpc) is 2.61. The first kappa shape index (κ1) is 21.2. The van der Waals surface area contributed by atoms with Crippen molar-refractivity contribution in [2.45, 2.75) is 33.0 Å². The fraction of sp³-hybridized carbons (Fsp3) is 0.316. The molecule has 1 atom stereocenters. The molecule has 0 aromatic heterocycles. The molecule has 1 amide bonds. The minimum absolute atomic E-state index is 0.366. The van der Waals surface area contributed by atoms with Crippen molar-refractivity contribution in [3.05, 3.63) is 68.8 Å². The second-order valence-electron chi connectivity index (χ2n) is 6.36. The lowest BCUT2D eigenvalue weighted by Crippen LogP contribution is -2.31. The van der Waals surface area contributed by atoms with Crippen molar-refractivity contribution in [1.29, 1.82) is 0 Å². The molecule has 0 fully saturated rings. The number of hydrogen-bond donors (Lipinski definition) is 1. The largest absolute Gasteiger partial charge is 0.483 e. The van der Waals surface area contributed by atoms with Crippen LogP contribution >= 0.6 is 0 Å². The molecule has 6 nitrogen and oxygen atoms in total. The molecule has 0 aliphatic carbocycles. The lowest BCUT2D eigenvalue weighted by Gasteiger charge is -2.17. The monoisotopic (exact) mass is 396 g/mol. The van der Waals surface area contributed by atoms with E-state index in [-0.39, 0.29) is 6.04 Å². The van der Waals surface area contributed by atoms with Gasteiger partial charge in [0.2, 0.25) is 0 Å². The van der Waals surface area contributed by atoms with E-state index in [0.29, 0.717) is 6.07 Å². The third-order valence-electron chi connectivity index (χ3n) is 4.25. The van der Waals surface area contributed by atoms with Crippen LogP contribution in [0.15, 0.2) is 36.4 Å². The lowest BCUT2D eigenvalue weighted by molar-refractivity contribution is -0.385. The number of amides is 1. The Bertz CT molecular complexity index is 897. The van der Waals surface area contributed by atoms with Crippen LogP contribution in [-0.4, -0.2) is 17.4 Å². The molecule has 0 spiro atoms. The Morgan fingerprint density at radius 2 is 1.86 bits per heavy atom. The Labute approximate surface area is 159 Å². The van der Waals surface area contributed by atoms with Gasteiger partial charge in [-0.2, -0.15) is 13.2 Å². The Balaban J connectivity index is 2.07. The molecule has 0 saturated heterocycles. The minimum Gasteiger partial charge on any atom is -0.483 e. The van der Waals surface area contributed by atoms with Crippen LogP contribution in [0.5, 0.6) is 5.75 Å². The van der Waals surface area contributed by atoms with Gasteiger partial charge >= 0.3 is 6.18 Å². The van der Waals surface area contributed by atoms with Crippen LogP contribution in [0.1, 0.15) is 35.2 Å². The summed E-state index contributed by atoms with van der Waals surface area (Å²) < 4.78 is 44.3. The molecule has 2 aromatic rings. The topological polar surface area (TPSA) is 81.5 Å². The number of carbonyl (C=O) groups excluding carboxylic acids is 1. The van der Waals surface area contributed by atoms with Gasteiger partial charge < -0.3 is 10.1 Å². The summed E-state index contributed by atoms with van der Waals surface area (Å²) in [5.41, 5.74) is 0.978. The van der Waals surface area contributed by atoms with E-state index in [4.69, 9.17) is 4.74 Å². The quantitative estimate of drug-likeness (QED) is 0.576. The Morgan fingerprint density at radius 1 is 1.18 bits per heavy atom. The van der Waals surface area contributed by atoms with Crippen LogP contribution in [0.25, 0.3) is 0 Å². The van der Waals surface area contributed by atoms with Gasteiger partial charge in [0.05, 0.1) is 11.0 Å². The van der Waals surface area contributed by atoms with E-state index in [1.807, 2.05) is 32.0 Å². The Hall–Kier alpha value is -3.10. The molecule has 150 valence electrons. The number of ether oxygens (including phenoxy) is 1. The molecule has 0 aliphatic rings. The average molecular weight is 396 g/mol. The minimum atomic E-state index is -4.86. The van der Waals surface area contributed by atoms with Crippen LogP contribution in [0.4, 0.5) is 18.9 Å². The fourth-order valence-electron chi connectivity index (χ4n) is 2.52. The van der Waals surface area contributed by atoms with Gasteiger partial charge in [-0.25, -0.2) is 0 Å². The van der Waals surface area contributed by atoms with Gasteiger partial charge in [0.15, 0.2) is 6.61 Å². The summed E-state index contributed by atoms with van der Waals surface area (Å²) in [6, 6.07) is 7.42. The highest BCUT2D eigenvalue weighted by atomic mass is 19.4. The van der Waals surface area contributed by atoms with Gasteiger partial charge in [0.1, 0.15) is 11.3 Å². The second-order valence-corrected chi connectivity index (χ2v) is 6.36. The summed E-state index contributed by atoms with van der Waals surface area (Å²) in [6.07, 6.45) is -4.86. The first-order valence-corrected chi connectivity index (χ1v) is 8.34. The highest BCUT2D eigenvalue weighted by molar-refractivity contribution is 5.78. The van der Waals surface area contributed by atoms with E-state index < -0.39 is 40.6 Å². The summed E-state index contributed by atoms with van der Waals surface area (Å²) in [7, 11) is 0. The normalized spacial score (nSPS) is 12.4. The maximum absolute atomic E-state index is 13.1. The Morgan fingerprint density at radius 3 is 2.43 bits per heavy atom. The van der Waals surface area contributed by atoms with Gasteiger partial charge in [-0.3, -0.25) is 14.9 Å². The molecule has 28 heavy (non-hydrogen) atoms. The molecule has 0 radical (unpaired) electrons. The molecular weight excluding hydrogens is 377 g/mol.